The van der Waals surface area contributed by atoms with Gasteiger partial charge in [0.2, 0.25) is 11.8 Å². The average molecular weight is 570 g/mol. The van der Waals surface area contributed by atoms with Crippen molar-refractivity contribution in [2.45, 2.75) is 20.4 Å². The maximum Gasteiger partial charge on any atom is 0.255 e. The van der Waals surface area contributed by atoms with Crippen molar-refractivity contribution >= 4 is 28.6 Å². The number of morpholine rings is 1. The van der Waals surface area contributed by atoms with Crippen LogP contribution in [0.25, 0.3) is 11.0 Å². The van der Waals surface area contributed by atoms with Crippen molar-refractivity contribution in [3.8, 4) is 11.6 Å². The number of carbonyl (C=O) groups excluding carboxylic acids is 1. The van der Waals surface area contributed by atoms with E-state index in [1.165, 1.54) is 11.1 Å². The highest BCUT2D eigenvalue weighted by atomic mass is 16.5. The number of aromatic nitrogens is 3. The molecule has 220 valence electrons. The van der Waals surface area contributed by atoms with Crippen LogP contribution in [0.5, 0.6) is 11.6 Å². The Bertz CT molecular complexity index is 1590. The third-order valence-corrected chi connectivity index (χ3v) is 8.22. The van der Waals surface area contributed by atoms with E-state index in [2.05, 4.69) is 46.1 Å². The van der Waals surface area contributed by atoms with Crippen molar-refractivity contribution < 1.29 is 14.3 Å². The highest BCUT2D eigenvalue weighted by molar-refractivity contribution is 6.04. The molecule has 0 saturated carbocycles. The summed E-state index contributed by atoms with van der Waals surface area (Å²) in [5.41, 5.74) is 6.27. The molecule has 0 bridgehead atoms. The van der Waals surface area contributed by atoms with E-state index in [4.69, 9.17) is 19.4 Å². The number of hydrogen-bond donors (Lipinski definition) is 1. The predicted molar refractivity (Wildman–Crippen MR) is 165 cm³/mol. The Morgan fingerprint density at radius 3 is 2.48 bits per heavy atom. The van der Waals surface area contributed by atoms with Crippen molar-refractivity contribution in [3.05, 3.63) is 70.9 Å². The molecule has 4 heterocycles. The molecule has 0 radical (unpaired) electrons. The van der Waals surface area contributed by atoms with Crippen LogP contribution in [0, 0.1) is 13.8 Å². The quantitative estimate of drug-likeness (QED) is 0.354. The summed E-state index contributed by atoms with van der Waals surface area (Å²) in [7, 11) is 4.12. The van der Waals surface area contributed by atoms with E-state index in [1.807, 2.05) is 49.0 Å². The molecule has 10 heteroatoms. The largest absolute Gasteiger partial charge is 0.437 e. The molecule has 10 nitrogen and oxygen atoms in total. The Morgan fingerprint density at radius 2 is 1.71 bits per heavy atom. The van der Waals surface area contributed by atoms with Gasteiger partial charge in [-0.1, -0.05) is 12.1 Å². The van der Waals surface area contributed by atoms with Crippen molar-refractivity contribution in [2.24, 2.45) is 7.05 Å². The highest BCUT2D eigenvalue weighted by Crippen LogP contribution is 2.32. The number of carbonyl (C=O) groups is 1. The van der Waals surface area contributed by atoms with E-state index in [0.717, 1.165) is 68.1 Å². The standard InChI is InChI=1S/C32H39N7O3/c1-22-5-6-24(30(40)33-26-8-7-25(23(2)19-26)21-38-13-11-36(3)12-14-38)20-28(22)42-31-29-27(9-10-37(29)4)34-32(35-31)39-15-17-41-18-16-39/h5-10,19-20H,11-18,21H2,1-4H3,(H,33,40). The van der Waals surface area contributed by atoms with Crippen LogP contribution in [0.2, 0.25) is 0 Å². The molecule has 2 aliphatic heterocycles. The smallest absolute Gasteiger partial charge is 0.255 e. The molecule has 4 aromatic rings. The van der Waals surface area contributed by atoms with E-state index in [1.54, 1.807) is 6.07 Å². The number of nitrogens with one attached hydrogen (secondary N) is 1. The number of ether oxygens (including phenoxy) is 2. The Balaban J connectivity index is 1.19. The van der Waals surface area contributed by atoms with Crippen LogP contribution >= 0.6 is 0 Å². The van der Waals surface area contributed by atoms with Gasteiger partial charge in [0.15, 0.2) is 0 Å². The van der Waals surface area contributed by atoms with Crippen molar-refractivity contribution in [2.75, 3.05) is 69.7 Å². The summed E-state index contributed by atoms with van der Waals surface area (Å²) in [6.45, 7) is 12.1. The van der Waals surface area contributed by atoms with Gasteiger partial charge in [0.25, 0.3) is 5.91 Å². The topological polar surface area (TPSA) is 88.0 Å². The molecular weight excluding hydrogens is 530 g/mol. The monoisotopic (exact) mass is 569 g/mol. The molecule has 42 heavy (non-hydrogen) atoms. The van der Waals surface area contributed by atoms with Crippen LogP contribution in [0.1, 0.15) is 27.0 Å². The van der Waals surface area contributed by atoms with E-state index < -0.39 is 0 Å². The molecule has 2 fully saturated rings. The van der Waals surface area contributed by atoms with Gasteiger partial charge in [-0.25, -0.2) is 4.98 Å². The zero-order chi connectivity index (χ0) is 29.2. The summed E-state index contributed by atoms with van der Waals surface area (Å²) >= 11 is 0. The molecule has 0 unspecified atom stereocenters. The van der Waals surface area contributed by atoms with Gasteiger partial charge in [-0.3, -0.25) is 9.69 Å². The van der Waals surface area contributed by atoms with Gasteiger partial charge in [0, 0.05) is 70.3 Å². The minimum atomic E-state index is -0.188. The molecule has 1 N–H and O–H groups in total. The Labute approximate surface area is 246 Å². The number of likely N-dealkylation sites (N-methyl/N-ethyl adjacent to an activating group) is 1. The minimum Gasteiger partial charge on any atom is -0.437 e. The molecule has 2 saturated heterocycles. The average Bonchev–Trinajstić information content (AvgIpc) is 3.37. The number of amides is 1. The lowest BCUT2D eigenvalue weighted by Gasteiger charge is -2.32. The number of fused-ring (bicyclic) bond motifs is 1. The van der Waals surface area contributed by atoms with Crippen LogP contribution in [-0.2, 0) is 18.3 Å². The normalized spacial score (nSPS) is 16.6. The summed E-state index contributed by atoms with van der Waals surface area (Å²) in [4.78, 5) is 29.9. The van der Waals surface area contributed by atoms with E-state index in [9.17, 15) is 4.79 Å². The molecule has 2 aliphatic rings. The number of piperazine rings is 1. The molecule has 0 atom stereocenters. The lowest BCUT2D eigenvalue weighted by atomic mass is 10.1. The fraction of sp³-hybridized carbons (Fsp3) is 0.406. The fourth-order valence-electron chi connectivity index (χ4n) is 5.48. The lowest BCUT2D eigenvalue weighted by molar-refractivity contribution is 0.102. The van der Waals surface area contributed by atoms with E-state index in [-0.39, 0.29) is 5.91 Å². The highest BCUT2D eigenvalue weighted by Gasteiger charge is 2.21. The van der Waals surface area contributed by atoms with E-state index >= 15 is 0 Å². The summed E-state index contributed by atoms with van der Waals surface area (Å²) in [5.74, 6) is 1.47. The number of benzene rings is 2. The summed E-state index contributed by atoms with van der Waals surface area (Å²) in [6.07, 6.45) is 1.95. The first-order valence-electron chi connectivity index (χ1n) is 14.6. The third-order valence-electron chi connectivity index (χ3n) is 8.22. The fourth-order valence-corrected chi connectivity index (χ4v) is 5.48. The van der Waals surface area contributed by atoms with Crippen molar-refractivity contribution in [1.29, 1.82) is 0 Å². The minimum absolute atomic E-state index is 0.188. The lowest BCUT2D eigenvalue weighted by Crippen LogP contribution is -2.43. The van der Waals surface area contributed by atoms with Crippen LogP contribution in [0.3, 0.4) is 0 Å². The molecule has 2 aromatic heterocycles. The molecular formula is C32H39N7O3. The Morgan fingerprint density at radius 1 is 0.929 bits per heavy atom. The predicted octanol–water partition coefficient (Wildman–Crippen LogP) is 4.21. The van der Waals surface area contributed by atoms with Gasteiger partial charge in [0.05, 0.1) is 18.7 Å². The van der Waals surface area contributed by atoms with Gasteiger partial charge in [0.1, 0.15) is 11.3 Å². The Kier molecular flexibility index (Phi) is 8.10. The first-order valence-corrected chi connectivity index (χ1v) is 14.6. The summed E-state index contributed by atoms with van der Waals surface area (Å²) in [6, 6.07) is 13.6. The maximum absolute atomic E-state index is 13.3. The third kappa shape index (κ3) is 6.11. The summed E-state index contributed by atoms with van der Waals surface area (Å²) < 4.78 is 13.9. The van der Waals surface area contributed by atoms with Crippen LogP contribution in [0.4, 0.5) is 11.6 Å². The summed E-state index contributed by atoms with van der Waals surface area (Å²) in [5, 5.41) is 3.07. The Hall–Kier alpha value is -3.99. The SMILES string of the molecule is Cc1cc(NC(=O)c2ccc(C)c(Oc3nc(N4CCOCC4)nc4ccn(C)c34)c2)ccc1CN1CCN(C)CC1. The first kappa shape index (κ1) is 28.1. The zero-order valence-electron chi connectivity index (χ0n) is 24.9. The van der Waals surface area contributed by atoms with Crippen molar-refractivity contribution in [3.63, 3.8) is 0 Å². The molecule has 0 aliphatic carbocycles. The van der Waals surface area contributed by atoms with Gasteiger partial charge < -0.3 is 29.2 Å². The molecule has 2 aromatic carbocycles. The van der Waals surface area contributed by atoms with Crippen LogP contribution in [-0.4, -0.2) is 89.8 Å². The molecule has 6 rings (SSSR count). The van der Waals surface area contributed by atoms with Crippen LogP contribution < -0.4 is 15.0 Å². The second-order valence-electron chi connectivity index (χ2n) is 11.3. The van der Waals surface area contributed by atoms with Gasteiger partial charge >= 0.3 is 0 Å². The number of anilines is 2. The zero-order valence-corrected chi connectivity index (χ0v) is 24.9. The van der Waals surface area contributed by atoms with Gasteiger partial charge in [-0.05, 0) is 67.9 Å². The number of nitrogens with zero attached hydrogens (tertiary/aromatic N) is 6. The van der Waals surface area contributed by atoms with Gasteiger partial charge in [-0.2, -0.15) is 4.98 Å². The molecule has 0 spiro atoms. The maximum atomic E-state index is 13.3. The van der Waals surface area contributed by atoms with Crippen molar-refractivity contribution in [1.82, 2.24) is 24.3 Å². The number of rotatable bonds is 7. The number of aryl methyl sites for hydroxylation is 3. The van der Waals surface area contributed by atoms with Gasteiger partial charge in [-0.15, -0.1) is 0 Å². The van der Waals surface area contributed by atoms with E-state index in [0.29, 0.717) is 36.4 Å². The second kappa shape index (κ2) is 12.1. The first-order chi connectivity index (χ1) is 20.3. The second-order valence-corrected chi connectivity index (χ2v) is 11.3. The van der Waals surface area contributed by atoms with Crippen LogP contribution in [0.15, 0.2) is 48.7 Å². The number of hydrogen-bond acceptors (Lipinski definition) is 8. The molecule has 1 amide bonds.